The van der Waals surface area contributed by atoms with Gasteiger partial charge in [-0.1, -0.05) is 11.8 Å². The predicted octanol–water partition coefficient (Wildman–Crippen LogP) is 4.11. The fourth-order valence-corrected chi connectivity index (χ4v) is 4.54. The topological polar surface area (TPSA) is 52.0 Å². The van der Waals surface area contributed by atoms with E-state index < -0.39 is 5.25 Å². The Bertz CT molecular complexity index is 1020. The fourth-order valence-electron chi connectivity index (χ4n) is 2.52. The van der Waals surface area contributed by atoms with Crippen molar-refractivity contribution in [2.75, 3.05) is 0 Å². The van der Waals surface area contributed by atoms with E-state index in [0.29, 0.717) is 20.9 Å². The summed E-state index contributed by atoms with van der Waals surface area (Å²) in [5.41, 5.74) is 1.30. The maximum Gasteiger partial charge on any atom is 0.262 e. The number of rotatable bonds is 4. The molecule has 0 saturated carbocycles. The maximum absolute atomic E-state index is 13.0. The van der Waals surface area contributed by atoms with Crippen molar-refractivity contribution in [3.63, 3.8) is 0 Å². The summed E-state index contributed by atoms with van der Waals surface area (Å²) in [6.07, 6.45) is 0. The first-order chi connectivity index (χ1) is 11.8. The Hall–Kier alpha value is -1.99. The standard InChI is InChI=1S/C18H17FN2O2S2/c1-9-10(2)24-16-14(9)17(23)21(4)18(20-16)25-11(3)15(22)12-5-7-13(19)8-6-12/h5-8,11H,1-4H3. The van der Waals surface area contributed by atoms with E-state index in [1.807, 2.05) is 13.8 Å². The van der Waals surface area contributed by atoms with Crippen LogP contribution >= 0.6 is 23.1 Å². The van der Waals surface area contributed by atoms with Crippen LogP contribution in [0.15, 0.2) is 34.2 Å². The minimum Gasteiger partial charge on any atom is -0.293 e. The zero-order valence-electron chi connectivity index (χ0n) is 14.3. The van der Waals surface area contributed by atoms with Crippen LogP contribution < -0.4 is 5.56 Å². The lowest BCUT2D eigenvalue weighted by molar-refractivity contribution is 0.0994. The van der Waals surface area contributed by atoms with E-state index in [4.69, 9.17) is 0 Å². The minimum atomic E-state index is -0.442. The second kappa shape index (κ2) is 6.72. The van der Waals surface area contributed by atoms with E-state index in [9.17, 15) is 14.0 Å². The Morgan fingerprint density at radius 3 is 2.56 bits per heavy atom. The summed E-state index contributed by atoms with van der Waals surface area (Å²) in [6, 6.07) is 5.47. The highest BCUT2D eigenvalue weighted by atomic mass is 32.2. The number of hydrogen-bond donors (Lipinski definition) is 0. The molecule has 3 aromatic rings. The molecule has 1 aromatic carbocycles. The average Bonchev–Trinajstić information content (AvgIpc) is 2.86. The molecule has 0 saturated heterocycles. The summed E-state index contributed by atoms with van der Waals surface area (Å²) >= 11 is 2.72. The van der Waals surface area contributed by atoms with Gasteiger partial charge in [-0.2, -0.15) is 0 Å². The van der Waals surface area contributed by atoms with E-state index in [1.54, 1.807) is 14.0 Å². The van der Waals surface area contributed by atoms with Crippen molar-refractivity contribution in [2.45, 2.75) is 31.2 Å². The summed E-state index contributed by atoms with van der Waals surface area (Å²) < 4.78 is 14.5. The van der Waals surface area contributed by atoms with Crippen LogP contribution in [0.5, 0.6) is 0 Å². The number of aromatic nitrogens is 2. The van der Waals surface area contributed by atoms with Gasteiger partial charge in [0.1, 0.15) is 10.6 Å². The van der Waals surface area contributed by atoms with Crippen LogP contribution in [-0.4, -0.2) is 20.6 Å². The Morgan fingerprint density at radius 1 is 1.28 bits per heavy atom. The van der Waals surface area contributed by atoms with Gasteiger partial charge in [-0.25, -0.2) is 9.37 Å². The Kier molecular flexibility index (Phi) is 4.79. The highest BCUT2D eigenvalue weighted by molar-refractivity contribution is 8.00. The monoisotopic (exact) mass is 376 g/mol. The summed E-state index contributed by atoms with van der Waals surface area (Å²) in [5, 5.41) is 0.705. The van der Waals surface area contributed by atoms with Gasteiger partial charge in [0.2, 0.25) is 0 Å². The van der Waals surface area contributed by atoms with Gasteiger partial charge in [-0.3, -0.25) is 14.2 Å². The first-order valence-corrected chi connectivity index (χ1v) is 9.42. The molecule has 4 nitrogen and oxygen atoms in total. The van der Waals surface area contributed by atoms with E-state index in [1.165, 1.54) is 51.9 Å². The average molecular weight is 376 g/mol. The van der Waals surface area contributed by atoms with Gasteiger partial charge in [-0.05, 0) is 50.6 Å². The van der Waals surface area contributed by atoms with Crippen LogP contribution in [0.1, 0.15) is 27.7 Å². The zero-order chi connectivity index (χ0) is 18.3. The highest BCUT2D eigenvalue weighted by Crippen LogP contribution is 2.30. The number of carbonyl (C=O) groups is 1. The molecule has 25 heavy (non-hydrogen) atoms. The molecule has 130 valence electrons. The number of thioether (sulfide) groups is 1. The fraction of sp³-hybridized carbons (Fsp3) is 0.278. The molecule has 0 bridgehead atoms. The minimum absolute atomic E-state index is 0.101. The number of ketones is 1. The van der Waals surface area contributed by atoms with Gasteiger partial charge in [0.15, 0.2) is 10.9 Å². The molecule has 0 fully saturated rings. The molecule has 2 aromatic heterocycles. The molecule has 1 unspecified atom stereocenters. The quantitative estimate of drug-likeness (QED) is 0.391. The third-order valence-corrected chi connectivity index (χ3v) is 6.39. The molecule has 0 amide bonds. The number of aryl methyl sites for hydroxylation is 2. The molecule has 0 radical (unpaired) electrons. The zero-order valence-corrected chi connectivity index (χ0v) is 15.9. The summed E-state index contributed by atoms with van der Waals surface area (Å²) in [7, 11) is 1.67. The summed E-state index contributed by atoms with van der Waals surface area (Å²) in [4.78, 5) is 31.5. The molecule has 1 atom stereocenters. The van der Waals surface area contributed by atoms with Crippen molar-refractivity contribution in [1.29, 1.82) is 0 Å². The molecular weight excluding hydrogens is 359 g/mol. The molecule has 7 heteroatoms. The van der Waals surface area contributed by atoms with Crippen molar-refractivity contribution in [1.82, 2.24) is 9.55 Å². The van der Waals surface area contributed by atoms with Crippen molar-refractivity contribution in [2.24, 2.45) is 7.05 Å². The number of thiophene rings is 1. The van der Waals surface area contributed by atoms with Crippen LogP contribution in [0.4, 0.5) is 4.39 Å². The third-order valence-electron chi connectivity index (χ3n) is 4.15. The van der Waals surface area contributed by atoms with E-state index in [2.05, 4.69) is 4.98 Å². The number of fused-ring (bicyclic) bond motifs is 1. The van der Waals surface area contributed by atoms with E-state index >= 15 is 0 Å². The van der Waals surface area contributed by atoms with E-state index in [-0.39, 0.29) is 17.2 Å². The van der Waals surface area contributed by atoms with Crippen molar-refractivity contribution in [3.8, 4) is 0 Å². The van der Waals surface area contributed by atoms with Gasteiger partial charge in [0.05, 0.1) is 10.6 Å². The predicted molar refractivity (Wildman–Crippen MR) is 100 cm³/mol. The highest BCUT2D eigenvalue weighted by Gasteiger charge is 2.21. The van der Waals surface area contributed by atoms with Gasteiger partial charge < -0.3 is 0 Å². The summed E-state index contributed by atoms with van der Waals surface area (Å²) in [5.74, 6) is -0.507. The normalized spacial score (nSPS) is 12.5. The number of nitrogens with zero attached hydrogens (tertiary/aromatic N) is 2. The van der Waals surface area contributed by atoms with Crippen LogP contribution in [-0.2, 0) is 7.05 Å². The lowest BCUT2D eigenvalue weighted by atomic mass is 10.1. The summed E-state index contributed by atoms with van der Waals surface area (Å²) in [6.45, 7) is 5.65. The molecule has 0 aliphatic carbocycles. The van der Waals surface area contributed by atoms with Crippen LogP contribution in [0, 0.1) is 19.7 Å². The molecule has 0 spiro atoms. The lowest BCUT2D eigenvalue weighted by Crippen LogP contribution is -2.22. The number of hydrogen-bond acceptors (Lipinski definition) is 5. The second-order valence-electron chi connectivity index (χ2n) is 5.85. The van der Waals surface area contributed by atoms with Crippen LogP contribution in [0.25, 0.3) is 10.2 Å². The number of Topliss-reactive ketones (excluding diaryl/α,β-unsaturated/α-hetero) is 1. The first kappa shape index (κ1) is 17.8. The molecule has 0 aliphatic rings. The van der Waals surface area contributed by atoms with Crippen molar-refractivity contribution >= 4 is 39.1 Å². The Balaban J connectivity index is 1.94. The molecule has 0 N–H and O–H groups in total. The van der Waals surface area contributed by atoms with E-state index in [0.717, 1.165) is 10.4 Å². The van der Waals surface area contributed by atoms with Crippen LogP contribution in [0.2, 0.25) is 0 Å². The number of halogens is 1. The largest absolute Gasteiger partial charge is 0.293 e. The molecular formula is C18H17FN2O2S2. The Morgan fingerprint density at radius 2 is 1.92 bits per heavy atom. The van der Waals surface area contributed by atoms with Crippen molar-refractivity contribution in [3.05, 3.63) is 56.4 Å². The van der Waals surface area contributed by atoms with Crippen LogP contribution in [0.3, 0.4) is 0 Å². The number of carbonyl (C=O) groups excluding carboxylic acids is 1. The molecule has 3 rings (SSSR count). The van der Waals surface area contributed by atoms with Gasteiger partial charge in [-0.15, -0.1) is 11.3 Å². The third kappa shape index (κ3) is 3.26. The lowest BCUT2D eigenvalue weighted by Gasteiger charge is -2.12. The van der Waals surface area contributed by atoms with Crippen molar-refractivity contribution < 1.29 is 9.18 Å². The SMILES string of the molecule is Cc1sc2nc(SC(C)C(=O)c3ccc(F)cc3)n(C)c(=O)c2c1C. The first-order valence-electron chi connectivity index (χ1n) is 7.72. The number of benzene rings is 1. The molecule has 2 heterocycles. The second-order valence-corrected chi connectivity index (χ2v) is 8.36. The Labute approximate surface area is 152 Å². The smallest absolute Gasteiger partial charge is 0.262 e. The van der Waals surface area contributed by atoms with Gasteiger partial charge in [0, 0.05) is 17.5 Å². The van der Waals surface area contributed by atoms with Gasteiger partial charge >= 0.3 is 0 Å². The van der Waals surface area contributed by atoms with Gasteiger partial charge in [0.25, 0.3) is 5.56 Å². The maximum atomic E-state index is 13.0. The molecule has 0 aliphatic heterocycles.